The highest BCUT2D eigenvalue weighted by molar-refractivity contribution is 6.01. The zero-order valence-electron chi connectivity index (χ0n) is 9.18. The zero-order valence-corrected chi connectivity index (χ0v) is 9.18. The van der Waals surface area contributed by atoms with E-state index < -0.39 is 5.60 Å². The van der Waals surface area contributed by atoms with Gasteiger partial charge in [0.2, 0.25) is 0 Å². The van der Waals surface area contributed by atoms with E-state index in [1.54, 1.807) is 24.3 Å². The van der Waals surface area contributed by atoms with E-state index in [2.05, 4.69) is 0 Å². The largest absolute Gasteiger partial charge is 0.512 e. The van der Waals surface area contributed by atoms with Gasteiger partial charge in [-0.1, -0.05) is 0 Å². The van der Waals surface area contributed by atoms with Crippen molar-refractivity contribution in [3.05, 3.63) is 42.4 Å². The molecule has 4 nitrogen and oxygen atoms in total. The van der Waals surface area contributed by atoms with Gasteiger partial charge in [-0.15, -0.1) is 0 Å². The molecule has 16 heavy (non-hydrogen) atoms. The number of hydrogen-bond donors (Lipinski definition) is 2. The number of hydrogen-bond acceptors (Lipinski definition) is 4. The van der Waals surface area contributed by atoms with Crippen LogP contribution in [0.4, 0.5) is 0 Å². The molecule has 0 bridgehead atoms. The highest BCUT2D eigenvalue weighted by Gasteiger charge is 2.24. The van der Waals surface area contributed by atoms with Crippen LogP contribution in [0.25, 0.3) is 0 Å². The molecule has 0 amide bonds. The van der Waals surface area contributed by atoms with Crippen molar-refractivity contribution in [2.45, 2.75) is 19.4 Å². The predicted molar refractivity (Wildman–Crippen MR) is 59.5 cm³/mol. The molecule has 0 heterocycles. The zero-order chi connectivity index (χ0) is 12.2. The third kappa shape index (κ3) is 3.10. The van der Waals surface area contributed by atoms with Crippen LogP contribution < -0.4 is 4.74 Å². The average molecular weight is 222 g/mol. The van der Waals surface area contributed by atoms with E-state index in [0.29, 0.717) is 11.3 Å². The van der Waals surface area contributed by atoms with E-state index >= 15 is 0 Å². The van der Waals surface area contributed by atoms with Crippen molar-refractivity contribution in [1.82, 2.24) is 0 Å². The fourth-order valence-corrected chi connectivity index (χ4v) is 1.15. The number of carbonyl (C=O) groups excluding carboxylic acids is 1. The highest BCUT2D eigenvalue weighted by atomic mass is 16.5. The summed E-state index contributed by atoms with van der Waals surface area (Å²) in [4.78, 5) is 11.6. The van der Waals surface area contributed by atoms with Crippen molar-refractivity contribution in [3.63, 3.8) is 0 Å². The summed E-state index contributed by atoms with van der Waals surface area (Å²) in [7, 11) is 0. The Bertz CT molecular complexity index is 384. The maximum absolute atomic E-state index is 11.6. The van der Waals surface area contributed by atoms with E-state index in [9.17, 15) is 9.90 Å². The molecule has 1 aromatic carbocycles. The molecule has 4 heteroatoms. The van der Waals surface area contributed by atoms with Crippen LogP contribution in [0, 0.1) is 0 Å². The molecule has 0 saturated carbocycles. The van der Waals surface area contributed by atoms with Gasteiger partial charge in [0.15, 0.2) is 5.78 Å². The lowest BCUT2D eigenvalue weighted by molar-refractivity contribution is 0.0488. The lowest BCUT2D eigenvalue weighted by Gasteiger charge is -2.15. The molecule has 0 aliphatic rings. The molecule has 0 saturated heterocycles. The lowest BCUT2D eigenvalue weighted by atomic mass is 9.97. The van der Waals surface area contributed by atoms with Crippen LogP contribution in [0.15, 0.2) is 36.8 Å². The molecule has 86 valence electrons. The van der Waals surface area contributed by atoms with Gasteiger partial charge in [0.05, 0.1) is 0 Å². The van der Waals surface area contributed by atoms with Gasteiger partial charge in [-0.3, -0.25) is 4.79 Å². The van der Waals surface area contributed by atoms with E-state index in [-0.39, 0.29) is 5.78 Å². The van der Waals surface area contributed by atoms with Crippen molar-refractivity contribution in [2.24, 2.45) is 0 Å². The SMILES string of the molecule is CC(C)(O)C(=O)c1ccc(O/C=C/O)cc1. The Labute approximate surface area is 93.8 Å². The Balaban J connectivity index is 2.83. The van der Waals surface area contributed by atoms with Crippen LogP contribution in [-0.2, 0) is 0 Å². The molecule has 0 radical (unpaired) electrons. The second-order valence-corrected chi connectivity index (χ2v) is 3.82. The van der Waals surface area contributed by atoms with Crippen molar-refractivity contribution < 1.29 is 19.7 Å². The van der Waals surface area contributed by atoms with Crippen LogP contribution in [0.5, 0.6) is 5.75 Å². The van der Waals surface area contributed by atoms with E-state index in [1.165, 1.54) is 13.8 Å². The van der Waals surface area contributed by atoms with Crippen LogP contribution >= 0.6 is 0 Å². The number of carbonyl (C=O) groups is 1. The molecule has 0 aliphatic carbocycles. The Morgan fingerprint density at radius 1 is 1.31 bits per heavy atom. The molecule has 1 rings (SSSR count). The molecular weight excluding hydrogens is 208 g/mol. The first-order chi connectivity index (χ1) is 7.45. The van der Waals surface area contributed by atoms with Gasteiger partial charge in [-0.25, -0.2) is 0 Å². The second-order valence-electron chi connectivity index (χ2n) is 3.82. The summed E-state index contributed by atoms with van der Waals surface area (Å²) in [6.45, 7) is 2.88. The summed E-state index contributed by atoms with van der Waals surface area (Å²) < 4.78 is 4.97. The summed E-state index contributed by atoms with van der Waals surface area (Å²) in [6, 6.07) is 6.28. The average Bonchev–Trinajstić information content (AvgIpc) is 2.25. The second kappa shape index (κ2) is 4.81. The summed E-state index contributed by atoms with van der Waals surface area (Å²) in [5, 5.41) is 17.9. The number of aliphatic hydroxyl groups is 2. The monoisotopic (exact) mass is 222 g/mol. The first-order valence-electron chi connectivity index (χ1n) is 4.78. The predicted octanol–water partition coefficient (Wildman–Crippen LogP) is 2.05. The molecule has 2 N–H and O–H groups in total. The topological polar surface area (TPSA) is 66.8 Å². The van der Waals surface area contributed by atoms with Gasteiger partial charge in [0, 0.05) is 5.56 Å². The molecule has 0 aromatic heterocycles. The maximum Gasteiger partial charge on any atom is 0.193 e. The molecule has 0 unspecified atom stereocenters. The first kappa shape index (κ1) is 12.3. The van der Waals surface area contributed by atoms with E-state index in [0.717, 1.165) is 12.5 Å². The number of benzene rings is 1. The third-order valence-corrected chi connectivity index (χ3v) is 1.94. The minimum Gasteiger partial charge on any atom is -0.512 e. The smallest absolute Gasteiger partial charge is 0.193 e. The van der Waals surface area contributed by atoms with Crippen molar-refractivity contribution in [3.8, 4) is 5.75 Å². The Kier molecular flexibility index (Phi) is 3.68. The van der Waals surface area contributed by atoms with Crippen LogP contribution in [0.1, 0.15) is 24.2 Å². The number of Topliss-reactive ketones (excluding diaryl/α,β-unsaturated/α-hetero) is 1. The molecule has 1 aromatic rings. The molecule has 0 fully saturated rings. The van der Waals surface area contributed by atoms with Crippen LogP contribution in [0.3, 0.4) is 0 Å². The highest BCUT2D eigenvalue weighted by Crippen LogP contribution is 2.17. The fraction of sp³-hybridized carbons (Fsp3) is 0.250. The summed E-state index contributed by atoms with van der Waals surface area (Å²) in [6.07, 6.45) is 1.89. The van der Waals surface area contributed by atoms with Gasteiger partial charge in [-0.05, 0) is 38.1 Å². The molecule has 0 spiro atoms. The number of rotatable bonds is 4. The first-order valence-corrected chi connectivity index (χ1v) is 4.78. The van der Waals surface area contributed by atoms with Gasteiger partial charge in [-0.2, -0.15) is 0 Å². The van der Waals surface area contributed by atoms with Crippen molar-refractivity contribution in [1.29, 1.82) is 0 Å². The summed E-state index contributed by atoms with van der Waals surface area (Å²) in [5.41, 5.74) is -0.972. The van der Waals surface area contributed by atoms with Crippen LogP contribution in [-0.4, -0.2) is 21.6 Å². The standard InChI is InChI=1S/C12H14O4/c1-12(2,15)11(14)9-3-5-10(6-4-9)16-8-7-13/h3-8,13,15H,1-2H3/b8-7+. The number of aliphatic hydroxyl groups excluding tert-OH is 1. The van der Waals surface area contributed by atoms with E-state index in [1.807, 2.05) is 0 Å². The van der Waals surface area contributed by atoms with Gasteiger partial charge >= 0.3 is 0 Å². The fourth-order valence-electron chi connectivity index (χ4n) is 1.15. The lowest BCUT2D eigenvalue weighted by Crippen LogP contribution is -2.30. The van der Waals surface area contributed by atoms with Crippen molar-refractivity contribution in [2.75, 3.05) is 0 Å². The Morgan fingerprint density at radius 2 is 1.88 bits per heavy atom. The summed E-state index contributed by atoms with van der Waals surface area (Å²) >= 11 is 0. The normalized spacial score (nSPS) is 11.7. The number of ether oxygens (including phenoxy) is 1. The van der Waals surface area contributed by atoms with E-state index in [4.69, 9.17) is 9.84 Å². The van der Waals surface area contributed by atoms with Gasteiger partial charge < -0.3 is 14.9 Å². The van der Waals surface area contributed by atoms with Crippen LogP contribution in [0.2, 0.25) is 0 Å². The quantitative estimate of drug-likeness (QED) is 0.604. The maximum atomic E-state index is 11.6. The van der Waals surface area contributed by atoms with Crippen molar-refractivity contribution >= 4 is 5.78 Å². The minimum absolute atomic E-state index is 0.350. The van der Waals surface area contributed by atoms with Gasteiger partial charge in [0.25, 0.3) is 0 Å². The number of ketones is 1. The molecule has 0 atom stereocenters. The van der Waals surface area contributed by atoms with Gasteiger partial charge in [0.1, 0.15) is 23.9 Å². The minimum atomic E-state index is -1.38. The Hall–Kier alpha value is -1.81. The Morgan fingerprint density at radius 3 is 2.31 bits per heavy atom. The third-order valence-electron chi connectivity index (χ3n) is 1.94. The molecular formula is C12H14O4. The summed E-state index contributed by atoms with van der Waals surface area (Å²) in [5.74, 6) is 0.148. The molecule has 0 aliphatic heterocycles.